The first-order valence-corrected chi connectivity index (χ1v) is 10.7. The highest BCUT2D eigenvalue weighted by molar-refractivity contribution is 7.92. The predicted molar refractivity (Wildman–Crippen MR) is 113 cm³/mol. The van der Waals surface area contributed by atoms with Crippen LogP contribution >= 0.6 is 11.6 Å². The number of anilines is 1. The van der Waals surface area contributed by atoms with Gasteiger partial charge in [0.1, 0.15) is 17.9 Å². The summed E-state index contributed by atoms with van der Waals surface area (Å²) >= 11 is 6.24. The maximum Gasteiger partial charge on any atom is 0.336 e. The van der Waals surface area contributed by atoms with Crippen molar-refractivity contribution >= 4 is 38.3 Å². The lowest BCUT2D eigenvalue weighted by atomic mass is 10.2. The van der Waals surface area contributed by atoms with Gasteiger partial charge in [0.15, 0.2) is 0 Å². The lowest BCUT2D eigenvalue weighted by Gasteiger charge is -2.12. The second-order valence-electron chi connectivity index (χ2n) is 6.31. The number of fused-ring (bicyclic) bond motifs is 1. The van der Waals surface area contributed by atoms with Crippen molar-refractivity contribution in [2.45, 2.75) is 11.5 Å². The molecule has 0 radical (unpaired) electrons. The van der Waals surface area contributed by atoms with Crippen LogP contribution in [-0.2, 0) is 16.6 Å². The number of sulfonamides is 1. The van der Waals surface area contributed by atoms with Crippen molar-refractivity contribution in [1.82, 2.24) is 4.98 Å². The van der Waals surface area contributed by atoms with E-state index in [0.29, 0.717) is 16.7 Å². The fourth-order valence-electron chi connectivity index (χ4n) is 2.75. The predicted octanol–water partition coefficient (Wildman–Crippen LogP) is 4.22. The Morgan fingerprint density at radius 2 is 1.90 bits per heavy atom. The molecule has 0 aliphatic rings. The van der Waals surface area contributed by atoms with E-state index in [1.54, 1.807) is 18.3 Å². The first kappa shape index (κ1) is 19.9. The summed E-state index contributed by atoms with van der Waals surface area (Å²) in [4.78, 5) is 15.5. The Kier molecular flexibility index (Phi) is 5.43. The van der Waals surface area contributed by atoms with E-state index in [1.807, 2.05) is 18.2 Å². The van der Waals surface area contributed by atoms with E-state index in [0.717, 1.165) is 5.69 Å². The first-order valence-electron chi connectivity index (χ1n) is 8.80. The Bertz CT molecular complexity index is 1370. The highest BCUT2D eigenvalue weighted by Gasteiger charge is 2.16. The minimum absolute atomic E-state index is 0.0236. The Morgan fingerprint density at radius 3 is 2.67 bits per heavy atom. The average molecular weight is 443 g/mol. The summed E-state index contributed by atoms with van der Waals surface area (Å²) in [5.41, 5.74) is 0.825. The molecule has 4 rings (SSSR count). The van der Waals surface area contributed by atoms with Crippen LogP contribution in [0, 0.1) is 0 Å². The second-order valence-corrected chi connectivity index (χ2v) is 8.40. The van der Waals surface area contributed by atoms with Crippen molar-refractivity contribution < 1.29 is 17.6 Å². The molecular weight excluding hydrogens is 428 g/mol. The molecule has 0 spiro atoms. The van der Waals surface area contributed by atoms with Gasteiger partial charge in [-0.3, -0.25) is 9.71 Å². The van der Waals surface area contributed by atoms with Crippen LogP contribution in [0.1, 0.15) is 5.69 Å². The van der Waals surface area contributed by atoms with Crippen LogP contribution in [0.3, 0.4) is 0 Å². The highest BCUT2D eigenvalue weighted by Crippen LogP contribution is 2.29. The van der Waals surface area contributed by atoms with Gasteiger partial charge in [0.05, 0.1) is 21.3 Å². The Labute approximate surface area is 177 Å². The lowest BCUT2D eigenvalue weighted by molar-refractivity contribution is 0.301. The molecule has 0 saturated heterocycles. The molecule has 0 amide bonds. The van der Waals surface area contributed by atoms with E-state index in [1.165, 1.54) is 36.4 Å². The fraction of sp³-hybridized carbons (Fsp3) is 0.0476. The van der Waals surface area contributed by atoms with Crippen LogP contribution in [0.25, 0.3) is 11.0 Å². The molecule has 2 aromatic carbocycles. The lowest BCUT2D eigenvalue weighted by Crippen LogP contribution is -2.13. The number of nitrogens with zero attached hydrogens (tertiary/aromatic N) is 1. The number of rotatable bonds is 6. The van der Waals surface area contributed by atoms with E-state index in [2.05, 4.69) is 9.71 Å². The van der Waals surface area contributed by atoms with Crippen molar-refractivity contribution in [2.24, 2.45) is 0 Å². The van der Waals surface area contributed by atoms with Crippen LogP contribution in [0.15, 0.2) is 87.0 Å². The maximum atomic E-state index is 12.7. The molecule has 30 heavy (non-hydrogen) atoms. The van der Waals surface area contributed by atoms with Crippen molar-refractivity contribution in [3.8, 4) is 5.75 Å². The standard InChI is InChI=1S/C21H15ClN2O5S/c22-18-12-15(5-7-20(18)28-13-16-3-1-2-10-23-16)24-30(26,27)17-6-8-19-14(11-17)4-9-21(25)29-19/h1-12,24H,13H2. The molecule has 152 valence electrons. The van der Waals surface area contributed by atoms with Gasteiger partial charge in [-0.2, -0.15) is 0 Å². The number of nitrogens with one attached hydrogen (secondary N) is 1. The summed E-state index contributed by atoms with van der Waals surface area (Å²) in [5, 5.41) is 0.750. The van der Waals surface area contributed by atoms with Gasteiger partial charge in [0.2, 0.25) is 0 Å². The maximum absolute atomic E-state index is 12.7. The minimum atomic E-state index is -3.88. The molecular formula is C21H15ClN2O5S. The SMILES string of the molecule is O=c1ccc2cc(S(=O)(=O)Nc3ccc(OCc4ccccn4)c(Cl)c3)ccc2o1. The quantitative estimate of drug-likeness (QED) is 0.449. The van der Waals surface area contributed by atoms with E-state index in [9.17, 15) is 13.2 Å². The zero-order valence-electron chi connectivity index (χ0n) is 15.4. The molecule has 0 aliphatic carbocycles. The smallest absolute Gasteiger partial charge is 0.336 e. The van der Waals surface area contributed by atoms with Gasteiger partial charge in [0.25, 0.3) is 10.0 Å². The second kappa shape index (κ2) is 8.17. The summed E-state index contributed by atoms with van der Waals surface area (Å²) in [6.45, 7) is 0.235. The molecule has 9 heteroatoms. The van der Waals surface area contributed by atoms with Crippen LogP contribution in [-0.4, -0.2) is 13.4 Å². The summed E-state index contributed by atoms with van der Waals surface area (Å²) in [6.07, 6.45) is 1.67. The van der Waals surface area contributed by atoms with Gasteiger partial charge in [-0.15, -0.1) is 0 Å². The summed E-state index contributed by atoms with van der Waals surface area (Å²) in [5.74, 6) is 0.408. The van der Waals surface area contributed by atoms with Crippen LogP contribution in [0.5, 0.6) is 5.75 Å². The van der Waals surface area contributed by atoms with Crippen molar-refractivity contribution in [1.29, 1.82) is 0 Å². The molecule has 0 saturated carbocycles. The number of ether oxygens (including phenoxy) is 1. The molecule has 0 unspecified atom stereocenters. The third kappa shape index (κ3) is 4.45. The Hall–Kier alpha value is -3.36. The number of aromatic nitrogens is 1. The van der Waals surface area contributed by atoms with Gasteiger partial charge < -0.3 is 9.15 Å². The summed E-state index contributed by atoms with van der Waals surface area (Å²) < 4.78 is 38.6. The third-order valence-corrected chi connectivity index (χ3v) is 5.86. The van der Waals surface area contributed by atoms with Gasteiger partial charge >= 0.3 is 5.63 Å². The van der Waals surface area contributed by atoms with Gasteiger partial charge in [0, 0.05) is 17.6 Å². The number of pyridine rings is 1. The monoisotopic (exact) mass is 442 g/mol. The van der Waals surface area contributed by atoms with Gasteiger partial charge in [-0.1, -0.05) is 17.7 Å². The first-order chi connectivity index (χ1) is 14.4. The summed E-state index contributed by atoms with van der Waals surface area (Å²) in [6, 6.07) is 17.0. The van der Waals surface area contributed by atoms with E-state index in [4.69, 9.17) is 20.8 Å². The molecule has 4 aromatic rings. The van der Waals surface area contributed by atoms with E-state index < -0.39 is 15.6 Å². The van der Waals surface area contributed by atoms with Crippen LogP contribution in [0.2, 0.25) is 5.02 Å². The van der Waals surface area contributed by atoms with Crippen molar-refractivity contribution in [3.63, 3.8) is 0 Å². The molecule has 7 nitrogen and oxygen atoms in total. The fourth-order valence-corrected chi connectivity index (χ4v) is 4.07. The molecule has 2 aromatic heterocycles. The van der Waals surface area contributed by atoms with Crippen LogP contribution in [0.4, 0.5) is 5.69 Å². The molecule has 1 N–H and O–H groups in total. The number of benzene rings is 2. The largest absolute Gasteiger partial charge is 0.486 e. The highest BCUT2D eigenvalue weighted by atomic mass is 35.5. The van der Waals surface area contributed by atoms with Crippen molar-refractivity contribution in [2.75, 3.05) is 4.72 Å². The van der Waals surface area contributed by atoms with Gasteiger partial charge in [-0.25, -0.2) is 13.2 Å². The van der Waals surface area contributed by atoms with E-state index >= 15 is 0 Å². The normalized spacial score (nSPS) is 11.4. The third-order valence-electron chi connectivity index (χ3n) is 4.19. The number of hydrogen-bond donors (Lipinski definition) is 1. The number of hydrogen-bond acceptors (Lipinski definition) is 6. The van der Waals surface area contributed by atoms with Gasteiger partial charge in [-0.05, 0) is 54.6 Å². The molecule has 0 atom stereocenters. The van der Waals surface area contributed by atoms with E-state index in [-0.39, 0.29) is 22.2 Å². The van der Waals surface area contributed by atoms with Crippen LogP contribution < -0.4 is 15.1 Å². The topological polar surface area (TPSA) is 98.5 Å². The minimum Gasteiger partial charge on any atom is -0.486 e. The Morgan fingerprint density at radius 1 is 1.03 bits per heavy atom. The molecule has 0 fully saturated rings. The molecule has 0 bridgehead atoms. The molecule has 2 heterocycles. The summed E-state index contributed by atoms with van der Waals surface area (Å²) in [7, 11) is -3.88. The Balaban J connectivity index is 1.52. The zero-order valence-corrected chi connectivity index (χ0v) is 17.0. The van der Waals surface area contributed by atoms with Crippen molar-refractivity contribution in [3.05, 3.63) is 94.1 Å². The zero-order chi connectivity index (χ0) is 21.1. The average Bonchev–Trinajstić information content (AvgIpc) is 2.73. The molecule has 0 aliphatic heterocycles. The number of halogens is 1.